The van der Waals surface area contributed by atoms with Crippen molar-refractivity contribution in [2.75, 3.05) is 25.4 Å². The zero-order valence-electron chi connectivity index (χ0n) is 10.7. The number of ether oxygens (including phenoxy) is 1. The lowest BCUT2D eigenvalue weighted by molar-refractivity contribution is -0.0350. The van der Waals surface area contributed by atoms with Gasteiger partial charge in [0.25, 0.3) is 0 Å². The maximum Gasteiger partial charge on any atom is 0.145 e. The van der Waals surface area contributed by atoms with Crippen LogP contribution in [0, 0.1) is 0 Å². The molecule has 1 saturated heterocycles. The molecule has 1 fully saturated rings. The Balaban J connectivity index is 1.65. The average Bonchev–Trinajstić information content (AvgIpc) is 2.87. The second-order valence-electron chi connectivity index (χ2n) is 4.83. The van der Waals surface area contributed by atoms with Crippen LogP contribution in [-0.2, 0) is 11.3 Å². The molecule has 0 radical (unpaired) electrons. The minimum absolute atomic E-state index is 0.0299. The highest BCUT2D eigenvalue weighted by molar-refractivity contribution is 5.29. The van der Waals surface area contributed by atoms with Gasteiger partial charge in [0.05, 0.1) is 12.3 Å². The van der Waals surface area contributed by atoms with Crippen molar-refractivity contribution in [3.05, 3.63) is 47.7 Å². The predicted molar refractivity (Wildman–Crippen MR) is 73.4 cm³/mol. The quantitative estimate of drug-likeness (QED) is 0.877. The van der Waals surface area contributed by atoms with Gasteiger partial charge in [-0.15, -0.1) is 0 Å². The Labute approximate surface area is 112 Å². The maximum absolute atomic E-state index is 5.78. The van der Waals surface area contributed by atoms with Gasteiger partial charge in [0.15, 0.2) is 0 Å². The van der Waals surface area contributed by atoms with E-state index in [4.69, 9.17) is 10.5 Å². The number of anilines is 1. The molecule has 0 spiro atoms. The van der Waals surface area contributed by atoms with Gasteiger partial charge in [-0.2, -0.15) is 5.10 Å². The van der Waals surface area contributed by atoms with Crippen molar-refractivity contribution in [1.82, 2.24) is 15.1 Å². The molecule has 1 aliphatic heterocycles. The highest BCUT2D eigenvalue weighted by Gasteiger charge is 2.23. The van der Waals surface area contributed by atoms with Gasteiger partial charge in [0, 0.05) is 25.7 Å². The predicted octanol–water partition coefficient (Wildman–Crippen LogP) is 1.57. The van der Waals surface area contributed by atoms with Crippen molar-refractivity contribution in [2.24, 2.45) is 0 Å². The van der Waals surface area contributed by atoms with Crippen LogP contribution in [0.5, 0.6) is 0 Å². The van der Waals surface area contributed by atoms with Gasteiger partial charge in [0.1, 0.15) is 11.9 Å². The van der Waals surface area contributed by atoms with Crippen LogP contribution in [0.25, 0.3) is 0 Å². The van der Waals surface area contributed by atoms with Crippen LogP contribution in [0.1, 0.15) is 17.4 Å². The first-order valence-corrected chi connectivity index (χ1v) is 6.50. The van der Waals surface area contributed by atoms with Gasteiger partial charge in [-0.3, -0.25) is 10.00 Å². The van der Waals surface area contributed by atoms with Crippen LogP contribution >= 0.6 is 0 Å². The number of benzene rings is 1. The number of H-pyrrole nitrogens is 1. The summed E-state index contributed by atoms with van der Waals surface area (Å²) in [4.78, 5) is 2.39. The largest absolute Gasteiger partial charge is 0.382 e. The summed E-state index contributed by atoms with van der Waals surface area (Å²) in [7, 11) is 0. The number of hydrogen-bond acceptors (Lipinski definition) is 4. The molecule has 19 heavy (non-hydrogen) atoms. The fraction of sp³-hybridized carbons (Fsp3) is 0.357. The molecule has 2 aromatic rings. The van der Waals surface area contributed by atoms with E-state index in [-0.39, 0.29) is 6.10 Å². The normalized spacial score (nSPS) is 20.5. The summed E-state index contributed by atoms with van der Waals surface area (Å²) >= 11 is 0. The zero-order chi connectivity index (χ0) is 13.1. The minimum Gasteiger partial charge on any atom is -0.382 e. The fourth-order valence-corrected chi connectivity index (χ4v) is 2.39. The van der Waals surface area contributed by atoms with Crippen LogP contribution in [0.2, 0.25) is 0 Å². The van der Waals surface area contributed by atoms with Gasteiger partial charge < -0.3 is 10.5 Å². The SMILES string of the molecule is Nc1cc(C2CN(Cc3ccccc3)CCO2)[nH]n1. The van der Waals surface area contributed by atoms with E-state index in [1.807, 2.05) is 12.1 Å². The van der Waals surface area contributed by atoms with Crippen LogP contribution in [0.4, 0.5) is 5.82 Å². The Morgan fingerprint density at radius 2 is 2.21 bits per heavy atom. The molecule has 5 nitrogen and oxygen atoms in total. The monoisotopic (exact) mass is 258 g/mol. The molecule has 2 heterocycles. The fourth-order valence-electron chi connectivity index (χ4n) is 2.39. The maximum atomic E-state index is 5.78. The molecule has 0 bridgehead atoms. The molecule has 3 N–H and O–H groups in total. The van der Waals surface area contributed by atoms with E-state index in [0.717, 1.165) is 31.9 Å². The molecule has 1 atom stereocenters. The first-order chi connectivity index (χ1) is 9.31. The number of rotatable bonds is 3. The Morgan fingerprint density at radius 3 is 2.95 bits per heavy atom. The molecule has 0 amide bonds. The standard InChI is InChI=1S/C14H18N4O/c15-14-8-12(16-17-14)13-10-18(6-7-19-13)9-11-4-2-1-3-5-11/h1-5,8,13H,6-7,9-10H2,(H3,15,16,17). The lowest BCUT2D eigenvalue weighted by Crippen LogP contribution is -2.37. The van der Waals surface area contributed by atoms with Gasteiger partial charge >= 0.3 is 0 Å². The van der Waals surface area contributed by atoms with Crippen LogP contribution < -0.4 is 5.73 Å². The van der Waals surface area contributed by atoms with Crippen molar-refractivity contribution in [3.8, 4) is 0 Å². The second kappa shape index (κ2) is 5.42. The Kier molecular flexibility index (Phi) is 3.48. The number of hydrogen-bond donors (Lipinski definition) is 2. The number of aromatic nitrogens is 2. The van der Waals surface area contributed by atoms with E-state index in [1.54, 1.807) is 0 Å². The third-order valence-corrected chi connectivity index (χ3v) is 3.36. The molecule has 1 unspecified atom stereocenters. The van der Waals surface area contributed by atoms with Crippen molar-refractivity contribution in [2.45, 2.75) is 12.6 Å². The van der Waals surface area contributed by atoms with E-state index in [1.165, 1.54) is 5.56 Å². The summed E-state index contributed by atoms with van der Waals surface area (Å²) < 4.78 is 5.78. The Hall–Kier alpha value is -1.85. The van der Waals surface area contributed by atoms with E-state index < -0.39 is 0 Å². The summed E-state index contributed by atoms with van der Waals surface area (Å²) in [5, 5.41) is 6.89. The molecule has 0 saturated carbocycles. The summed E-state index contributed by atoms with van der Waals surface area (Å²) in [6.45, 7) is 3.49. The highest BCUT2D eigenvalue weighted by atomic mass is 16.5. The zero-order valence-corrected chi connectivity index (χ0v) is 10.7. The topological polar surface area (TPSA) is 67.2 Å². The van der Waals surface area contributed by atoms with Crippen LogP contribution in [-0.4, -0.2) is 34.8 Å². The lowest BCUT2D eigenvalue weighted by atomic mass is 10.1. The number of nitrogens with one attached hydrogen (secondary N) is 1. The highest BCUT2D eigenvalue weighted by Crippen LogP contribution is 2.22. The molecular weight excluding hydrogens is 240 g/mol. The van der Waals surface area contributed by atoms with Crippen molar-refractivity contribution < 1.29 is 4.74 Å². The molecule has 100 valence electrons. The summed E-state index contributed by atoms with van der Waals surface area (Å²) in [5.41, 5.74) is 7.91. The molecule has 1 aromatic heterocycles. The van der Waals surface area contributed by atoms with Gasteiger partial charge in [-0.25, -0.2) is 0 Å². The lowest BCUT2D eigenvalue weighted by Gasteiger charge is -2.32. The van der Waals surface area contributed by atoms with Crippen LogP contribution in [0.15, 0.2) is 36.4 Å². The van der Waals surface area contributed by atoms with E-state index in [9.17, 15) is 0 Å². The Morgan fingerprint density at radius 1 is 1.37 bits per heavy atom. The summed E-state index contributed by atoms with van der Waals surface area (Å²) in [6.07, 6.45) is 0.0299. The smallest absolute Gasteiger partial charge is 0.145 e. The summed E-state index contributed by atoms with van der Waals surface area (Å²) in [5.74, 6) is 0.513. The molecule has 1 aromatic carbocycles. The number of nitrogens with two attached hydrogens (primary N) is 1. The third kappa shape index (κ3) is 2.94. The van der Waals surface area contributed by atoms with Gasteiger partial charge in [-0.05, 0) is 5.56 Å². The van der Waals surface area contributed by atoms with E-state index >= 15 is 0 Å². The number of morpholine rings is 1. The second-order valence-corrected chi connectivity index (χ2v) is 4.83. The van der Waals surface area contributed by atoms with E-state index in [2.05, 4.69) is 39.4 Å². The van der Waals surface area contributed by atoms with Gasteiger partial charge in [-0.1, -0.05) is 30.3 Å². The minimum atomic E-state index is 0.0299. The first kappa shape index (κ1) is 12.2. The van der Waals surface area contributed by atoms with Crippen molar-refractivity contribution >= 4 is 5.82 Å². The number of nitrogens with zero attached hydrogens (tertiary/aromatic N) is 2. The molecule has 0 aliphatic carbocycles. The summed E-state index contributed by atoms with van der Waals surface area (Å²) in [6, 6.07) is 12.3. The molecule has 1 aliphatic rings. The number of aromatic amines is 1. The third-order valence-electron chi connectivity index (χ3n) is 3.36. The molecule has 3 rings (SSSR count). The first-order valence-electron chi connectivity index (χ1n) is 6.50. The Bertz CT molecular complexity index is 525. The molecular formula is C14H18N4O. The molecule has 5 heteroatoms. The number of nitrogen functional groups attached to an aromatic ring is 1. The van der Waals surface area contributed by atoms with Crippen molar-refractivity contribution in [1.29, 1.82) is 0 Å². The van der Waals surface area contributed by atoms with E-state index in [0.29, 0.717) is 5.82 Å². The van der Waals surface area contributed by atoms with Crippen LogP contribution in [0.3, 0.4) is 0 Å². The van der Waals surface area contributed by atoms with Crippen molar-refractivity contribution in [3.63, 3.8) is 0 Å². The average molecular weight is 258 g/mol. The van der Waals surface area contributed by atoms with Gasteiger partial charge in [0.2, 0.25) is 0 Å².